The molecular weight excluding hydrogens is 254 g/mol. The molecule has 0 amide bonds. The normalized spacial score (nSPS) is 12.4. The van der Waals surface area contributed by atoms with E-state index >= 15 is 0 Å². The lowest BCUT2D eigenvalue weighted by Crippen LogP contribution is -2.24. The first kappa shape index (κ1) is 14.5. The van der Waals surface area contributed by atoms with Crippen molar-refractivity contribution in [3.63, 3.8) is 0 Å². The van der Waals surface area contributed by atoms with Crippen molar-refractivity contribution in [2.75, 3.05) is 7.05 Å². The number of hydrogen-bond donors (Lipinski definition) is 1. The van der Waals surface area contributed by atoms with E-state index in [4.69, 9.17) is 9.26 Å². The van der Waals surface area contributed by atoms with Crippen LogP contribution in [0.3, 0.4) is 0 Å². The molecule has 108 valence electrons. The number of likely N-dealkylation sites (N-methyl/N-ethyl adjacent to an activating group) is 1. The van der Waals surface area contributed by atoms with Crippen LogP contribution in [0.1, 0.15) is 29.8 Å². The van der Waals surface area contributed by atoms with Gasteiger partial charge in [0.1, 0.15) is 5.75 Å². The standard InChI is InChI=1S/C15H21N3O2/c1-10-5-6-13(11(2)7-10)19-9-15-17-14(18-20-15)8-12(3)16-4/h5-7,12,16H,8-9H2,1-4H3. The van der Waals surface area contributed by atoms with Crippen LogP contribution in [0.25, 0.3) is 0 Å². The van der Waals surface area contributed by atoms with Crippen LogP contribution >= 0.6 is 0 Å². The van der Waals surface area contributed by atoms with Gasteiger partial charge in [-0.3, -0.25) is 0 Å². The number of nitrogens with one attached hydrogen (secondary N) is 1. The van der Waals surface area contributed by atoms with E-state index in [-0.39, 0.29) is 0 Å². The van der Waals surface area contributed by atoms with E-state index in [0.29, 0.717) is 24.4 Å². The highest BCUT2D eigenvalue weighted by atomic mass is 16.5. The van der Waals surface area contributed by atoms with E-state index < -0.39 is 0 Å². The molecule has 2 aromatic rings. The zero-order valence-electron chi connectivity index (χ0n) is 12.4. The van der Waals surface area contributed by atoms with Crippen LogP contribution in [0.5, 0.6) is 5.75 Å². The van der Waals surface area contributed by atoms with E-state index in [1.807, 2.05) is 26.1 Å². The van der Waals surface area contributed by atoms with E-state index in [2.05, 4.69) is 35.4 Å². The second-order valence-corrected chi connectivity index (χ2v) is 5.06. The Morgan fingerprint density at radius 2 is 2.15 bits per heavy atom. The Kier molecular flexibility index (Phi) is 4.74. The Morgan fingerprint density at radius 1 is 1.35 bits per heavy atom. The maximum Gasteiger partial charge on any atom is 0.264 e. The first-order valence-corrected chi connectivity index (χ1v) is 6.77. The van der Waals surface area contributed by atoms with Gasteiger partial charge in [-0.05, 0) is 39.4 Å². The molecule has 5 heteroatoms. The summed E-state index contributed by atoms with van der Waals surface area (Å²) in [4.78, 5) is 4.32. The van der Waals surface area contributed by atoms with Crippen molar-refractivity contribution in [3.05, 3.63) is 41.0 Å². The van der Waals surface area contributed by atoms with Gasteiger partial charge in [0.15, 0.2) is 12.4 Å². The molecule has 1 aromatic carbocycles. The van der Waals surface area contributed by atoms with Crippen molar-refractivity contribution in [2.45, 2.75) is 39.8 Å². The molecule has 5 nitrogen and oxygen atoms in total. The van der Waals surface area contributed by atoms with Crippen LogP contribution in [0.15, 0.2) is 22.7 Å². The third-order valence-electron chi connectivity index (χ3n) is 3.17. The molecule has 0 saturated carbocycles. The first-order chi connectivity index (χ1) is 9.58. The average Bonchev–Trinajstić information content (AvgIpc) is 2.85. The molecule has 1 heterocycles. The van der Waals surface area contributed by atoms with Crippen LogP contribution in [0, 0.1) is 13.8 Å². The molecular formula is C15H21N3O2. The van der Waals surface area contributed by atoms with Gasteiger partial charge >= 0.3 is 0 Å². The van der Waals surface area contributed by atoms with Crippen LogP contribution in [0.2, 0.25) is 0 Å². The molecule has 1 atom stereocenters. The number of hydrogen-bond acceptors (Lipinski definition) is 5. The Hall–Kier alpha value is -1.88. The maximum absolute atomic E-state index is 5.71. The number of ether oxygens (including phenoxy) is 1. The second kappa shape index (κ2) is 6.52. The summed E-state index contributed by atoms with van der Waals surface area (Å²) in [5, 5.41) is 7.09. The number of aryl methyl sites for hydroxylation is 2. The molecule has 0 saturated heterocycles. The highest BCUT2D eigenvalue weighted by Gasteiger charge is 2.10. The van der Waals surface area contributed by atoms with Crippen LogP contribution in [-0.2, 0) is 13.0 Å². The molecule has 0 bridgehead atoms. The number of rotatable bonds is 6. The van der Waals surface area contributed by atoms with Gasteiger partial charge < -0.3 is 14.6 Å². The average molecular weight is 275 g/mol. The van der Waals surface area contributed by atoms with Crippen LogP contribution < -0.4 is 10.1 Å². The molecule has 0 radical (unpaired) electrons. The summed E-state index contributed by atoms with van der Waals surface area (Å²) in [5.74, 6) is 2.05. The summed E-state index contributed by atoms with van der Waals surface area (Å²) in [6, 6.07) is 6.39. The van der Waals surface area contributed by atoms with Crippen molar-refractivity contribution in [1.29, 1.82) is 0 Å². The Labute approximate surface area is 119 Å². The third-order valence-corrected chi connectivity index (χ3v) is 3.17. The fourth-order valence-corrected chi connectivity index (χ4v) is 1.91. The van der Waals surface area contributed by atoms with Gasteiger partial charge in [-0.25, -0.2) is 0 Å². The molecule has 1 N–H and O–H groups in total. The van der Waals surface area contributed by atoms with Crippen molar-refractivity contribution >= 4 is 0 Å². The molecule has 20 heavy (non-hydrogen) atoms. The highest BCUT2D eigenvalue weighted by molar-refractivity contribution is 5.35. The quantitative estimate of drug-likeness (QED) is 0.877. The topological polar surface area (TPSA) is 60.2 Å². The Balaban J connectivity index is 1.94. The first-order valence-electron chi connectivity index (χ1n) is 6.77. The predicted molar refractivity (Wildman–Crippen MR) is 76.8 cm³/mol. The zero-order valence-corrected chi connectivity index (χ0v) is 12.4. The lowest BCUT2D eigenvalue weighted by atomic mass is 10.1. The Bertz CT molecular complexity index is 566. The molecule has 0 aliphatic heterocycles. The third kappa shape index (κ3) is 3.81. The van der Waals surface area contributed by atoms with Crippen molar-refractivity contribution in [3.8, 4) is 5.75 Å². The summed E-state index contributed by atoms with van der Waals surface area (Å²) in [7, 11) is 1.91. The van der Waals surface area contributed by atoms with Gasteiger partial charge in [0.2, 0.25) is 0 Å². The maximum atomic E-state index is 5.71. The SMILES string of the molecule is CNC(C)Cc1noc(COc2ccc(C)cc2C)n1. The van der Waals surface area contributed by atoms with Gasteiger partial charge in [0, 0.05) is 12.5 Å². The fourth-order valence-electron chi connectivity index (χ4n) is 1.91. The van der Waals surface area contributed by atoms with Crippen molar-refractivity contribution in [1.82, 2.24) is 15.5 Å². The van der Waals surface area contributed by atoms with E-state index in [9.17, 15) is 0 Å². The minimum absolute atomic E-state index is 0.296. The van der Waals surface area contributed by atoms with E-state index in [1.54, 1.807) is 0 Å². The van der Waals surface area contributed by atoms with Gasteiger partial charge in [-0.2, -0.15) is 4.98 Å². The smallest absolute Gasteiger partial charge is 0.264 e. The predicted octanol–water partition coefficient (Wildman–Crippen LogP) is 2.42. The van der Waals surface area contributed by atoms with Gasteiger partial charge in [0.05, 0.1) is 0 Å². The highest BCUT2D eigenvalue weighted by Crippen LogP contribution is 2.19. The minimum atomic E-state index is 0.296. The number of nitrogens with zero attached hydrogens (tertiary/aromatic N) is 2. The van der Waals surface area contributed by atoms with Crippen LogP contribution in [-0.4, -0.2) is 23.2 Å². The molecule has 2 rings (SSSR count). The molecule has 1 aromatic heterocycles. The number of aromatic nitrogens is 2. The fraction of sp³-hybridized carbons (Fsp3) is 0.467. The summed E-state index contributed by atoms with van der Waals surface area (Å²) >= 11 is 0. The largest absolute Gasteiger partial charge is 0.483 e. The molecule has 0 spiro atoms. The van der Waals surface area contributed by atoms with Crippen molar-refractivity contribution < 1.29 is 9.26 Å². The van der Waals surface area contributed by atoms with Gasteiger partial charge in [-0.15, -0.1) is 0 Å². The van der Waals surface area contributed by atoms with E-state index in [1.165, 1.54) is 5.56 Å². The summed E-state index contributed by atoms with van der Waals surface area (Å²) in [6.45, 7) is 6.45. The van der Waals surface area contributed by atoms with Gasteiger partial charge in [-0.1, -0.05) is 22.9 Å². The van der Waals surface area contributed by atoms with E-state index in [0.717, 1.165) is 17.7 Å². The van der Waals surface area contributed by atoms with Crippen LogP contribution in [0.4, 0.5) is 0 Å². The van der Waals surface area contributed by atoms with Gasteiger partial charge in [0.25, 0.3) is 5.89 Å². The van der Waals surface area contributed by atoms with Crippen molar-refractivity contribution in [2.24, 2.45) is 0 Å². The number of benzene rings is 1. The molecule has 0 aliphatic rings. The Morgan fingerprint density at radius 3 is 2.85 bits per heavy atom. The second-order valence-electron chi connectivity index (χ2n) is 5.06. The minimum Gasteiger partial charge on any atom is -0.483 e. The molecule has 0 fully saturated rings. The summed E-state index contributed by atoms with van der Waals surface area (Å²) < 4.78 is 10.9. The zero-order chi connectivity index (χ0) is 14.5. The summed E-state index contributed by atoms with van der Waals surface area (Å²) in [5.41, 5.74) is 2.32. The lowest BCUT2D eigenvalue weighted by molar-refractivity contribution is 0.241. The monoisotopic (exact) mass is 275 g/mol. The molecule has 1 unspecified atom stereocenters. The lowest BCUT2D eigenvalue weighted by Gasteiger charge is -2.07. The summed E-state index contributed by atoms with van der Waals surface area (Å²) in [6.07, 6.45) is 0.740. The molecule has 0 aliphatic carbocycles.